The summed E-state index contributed by atoms with van der Waals surface area (Å²) in [5.41, 5.74) is -0.942. The predicted octanol–water partition coefficient (Wildman–Crippen LogP) is -0.236. The van der Waals surface area contributed by atoms with Crippen molar-refractivity contribution in [2.45, 2.75) is 30.7 Å². The quantitative estimate of drug-likeness (QED) is 0.238. The lowest BCUT2D eigenvalue weighted by atomic mass is 9.99. The lowest BCUT2D eigenvalue weighted by Crippen LogP contribution is -2.60. The summed E-state index contributed by atoms with van der Waals surface area (Å²) in [6.07, 6.45) is -8.31. The minimum atomic E-state index is -1.83. The van der Waals surface area contributed by atoms with E-state index in [4.69, 9.17) is 18.6 Å². The summed E-state index contributed by atoms with van der Waals surface area (Å²) < 4.78 is 21.8. The van der Waals surface area contributed by atoms with Crippen LogP contribution < -0.4 is 14.9 Å². The Balaban J connectivity index is 1.92. The molecule has 0 radical (unpaired) electrons. The van der Waals surface area contributed by atoms with Crippen LogP contribution in [0.25, 0.3) is 22.3 Å². The van der Waals surface area contributed by atoms with Crippen molar-refractivity contribution in [1.29, 1.82) is 0 Å². The standard InChI is InChI=1S/C22H22O12/c1-31-9-5-12(26)15-13(6-9)32-20(8-2-3-10(24)11(25)4-8)21(17(15)28)34-22-19(30)18(29)16(27)14(7-23)33-22/h2-6,14,16,18-19,22-27,29-30H,7H2,1H3/t14-,16+,18+,19+,22-/m1/s1. The minimum Gasteiger partial charge on any atom is -0.507 e. The van der Waals surface area contributed by atoms with Crippen molar-refractivity contribution in [2.75, 3.05) is 13.7 Å². The molecule has 1 fully saturated rings. The Morgan fingerprint density at radius 3 is 2.32 bits per heavy atom. The molecule has 1 aliphatic heterocycles. The zero-order valence-corrected chi connectivity index (χ0v) is 17.7. The number of aliphatic hydroxyl groups is 4. The summed E-state index contributed by atoms with van der Waals surface area (Å²) in [6, 6.07) is 6.02. The lowest BCUT2D eigenvalue weighted by Gasteiger charge is -2.39. The number of benzene rings is 2. The molecule has 5 atom stereocenters. The predicted molar refractivity (Wildman–Crippen MR) is 114 cm³/mol. The molecule has 12 nitrogen and oxygen atoms in total. The van der Waals surface area contributed by atoms with Crippen LogP contribution in [0, 0.1) is 0 Å². The maximum Gasteiger partial charge on any atom is 0.239 e. The van der Waals surface area contributed by atoms with E-state index in [0.717, 1.165) is 12.1 Å². The first-order valence-corrected chi connectivity index (χ1v) is 10.0. The van der Waals surface area contributed by atoms with Crippen LogP contribution in [0.15, 0.2) is 39.5 Å². The van der Waals surface area contributed by atoms with Crippen LogP contribution in [0.3, 0.4) is 0 Å². The highest BCUT2D eigenvalue weighted by molar-refractivity contribution is 5.88. The molecule has 4 rings (SSSR count). The fourth-order valence-electron chi connectivity index (χ4n) is 3.62. The zero-order chi connectivity index (χ0) is 24.7. The van der Waals surface area contributed by atoms with Crippen LogP contribution in [-0.4, -0.2) is 80.2 Å². The number of methoxy groups -OCH3 is 1. The van der Waals surface area contributed by atoms with E-state index in [2.05, 4.69) is 0 Å². The number of hydrogen-bond donors (Lipinski definition) is 7. The number of aromatic hydroxyl groups is 3. The average Bonchev–Trinajstić information content (AvgIpc) is 2.82. The number of aliphatic hydroxyl groups excluding tert-OH is 4. The Morgan fingerprint density at radius 2 is 1.68 bits per heavy atom. The SMILES string of the molecule is COc1cc(O)c2c(=O)c(O[C@H]3O[C@H](CO)[C@H](O)[C@H](O)[C@@H]3O)c(-c3ccc(O)c(O)c3)oc2c1. The van der Waals surface area contributed by atoms with Crippen LogP contribution in [0.4, 0.5) is 0 Å². The van der Waals surface area contributed by atoms with Gasteiger partial charge in [-0.3, -0.25) is 4.79 Å². The highest BCUT2D eigenvalue weighted by atomic mass is 16.7. The Morgan fingerprint density at radius 1 is 0.941 bits per heavy atom. The van der Waals surface area contributed by atoms with E-state index in [-0.39, 0.29) is 28.0 Å². The molecule has 0 bridgehead atoms. The van der Waals surface area contributed by atoms with Gasteiger partial charge in [0.2, 0.25) is 17.5 Å². The molecule has 7 N–H and O–H groups in total. The zero-order valence-electron chi connectivity index (χ0n) is 17.7. The second kappa shape index (κ2) is 9.00. The Bertz CT molecular complexity index is 1270. The fourth-order valence-corrected chi connectivity index (χ4v) is 3.62. The van der Waals surface area contributed by atoms with Crippen LogP contribution in [0.5, 0.6) is 28.7 Å². The third-order valence-corrected chi connectivity index (χ3v) is 5.46. The molecule has 2 aromatic carbocycles. The van der Waals surface area contributed by atoms with E-state index in [1.54, 1.807) is 0 Å². The largest absolute Gasteiger partial charge is 0.507 e. The molecule has 34 heavy (non-hydrogen) atoms. The normalized spacial score (nSPS) is 24.8. The summed E-state index contributed by atoms with van der Waals surface area (Å²) in [5.74, 6) is -2.16. The van der Waals surface area contributed by atoms with E-state index in [1.807, 2.05) is 0 Å². The summed E-state index contributed by atoms with van der Waals surface area (Å²) in [5, 5.41) is 69.5. The first kappa shape index (κ1) is 23.6. The Hall–Kier alpha value is -3.55. The van der Waals surface area contributed by atoms with E-state index in [9.17, 15) is 40.5 Å². The number of phenolic OH excluding ortho intramolecular Hbond substituents is 3. The molecule has 12 heteroatoms. The van der Waals surface area contributed by atoms with Crippen LogP contribution in [0.2, 0.25) is 0 Å². The van der Waals surface area contributed by atoms with Gasteiger partial charge in [-0.05, 0) is 18.2 Å². The summed E-state index contributed by atoms with van der Waals surface area (Å²) in [6.45, 7) is -0.726. The Kier molecular flexibility index (Phi) is 6.25. The number of fused-ring (bicyclic) bond motifs is 1. The monoisotopic (exact) mass is 478 g/mol. The summed E-state index contributed by atoms with van der Waals surface area (Å²) >= 11 is 0. The van der Waals surface area contributed by atoms with Crippen molar-refractivity contribution in [2.24, 2.45) is 0 Å². The van der Waals surface area contributed by atoms with Crippen LogP contribution in [-0.2, 0) is 4.74 Å². The molecule has 0 unspecified atom stereocenters. The van der Waals surface area contributed by atoms with Gasteiger partial charge in [0.25, 0.3) is 0 Å². The van der Waals surface area contributed by atoms with Gasteiger partial charge in [-0.25, -0.2) is 0 Å². The second-order valence-electron chi connectivity index (χ2n) is 7.63. The molecule has 0 aliphatic carbocycles. The second-order valence-corrected chi connectivity index (χ2v) is 7.63. The van der Waals surface area contributed by atoms with Gasteiger partial charge in [0.05, 0.1) is 13.7 Å². The lowest BCUT2D eigenvalue weighted by molar-refractivity contribution is -0.277. The maximum atomic E-state index is 13.4. The highest BCUT2D eigenvalue weighted by Gasteiger charge is 2.45. The molecule has 0 amide bonds. The minimum absolute atomic E-state index is 0.0659. The molecular formula is C22H22O12. The molecule has 3 aromatic rings. The van der Waals surface area contributed by atoms with Gasteiger partial charge < -0.3 is 54.4 Å². The third kappa shape index (κ3) is 3.97. The van der Waals surface area contributed by atoms with Crippen molar-refractivity contribution < 1.29 is 54.4 Å². The molecule has 0 saturated carbocycles. The van der Waals surface area contributed by atoms with Crippen molar-refractivity contribution >= 4 is 11.0 Å². The summed E-state index contributed by atoms with van der Waals surface area (Å²) in [7, 11) is 1.34. The number of phenols is 3. The van der Waals surface area contributed by atoms with Crippen LogP contribution >= 0.6 is 0 Å². The molecule has 0 spiro atoms. The maximum absolute atomic E-state index is 13.4. The van der Waals surface area contributed by atoms with Gasteiger partial charge >= 0.3 is 0 Å². The third-order valence-electron chi connectivity index (χ3n) is 5.46. The molecule has 1 aromatic heterocycles. The molecule has 182 valence electrons. The van der Waals surface area contributed by atoms with Crippen molar-refractivity contribution in [3.05, 3.63) is 40.6 Å². The molecule has 1 aliphatic rings. The van der Waals surface area contributed by atoms with E-state index < -0.39 is 65.7 Å². The number of ether oxygens (including phenoxy) is 3. The van der Waals surface area contributed by atoms with Gasteiger partial charge in [-0.15, -0.1) is 0 Å². The van der Waals surface area contributed by atoms with Gasteiger partial charge in [0.1, 0.15) is 46.9 Å². The first-order valence-electron chi connectivity index (χ1n) is 10.0. The first-order chi connectivity index (χ1) is 16.2. The van der Waals surface area contributed by atoms with Gasteiger partial charge in [0, 0.05) is 17.7 Å². The van der Waals surface area contributed by atoms with E-state index >= 15 is 0 Å². The Labute approximate surface area is 191 Å². The topological polar surface area (TPSA) is 200 Å². The van der Waals surface area contributed by atoms with Gasteiger partial charge in [-0.1, -0.05) is 0 Å². The summed E-state index contributed by atoms with van der Waals surface area (Å²) in [4.78, 5) is 13.4. The van der Waals surface area contributed by atoms with Crippen molar-refractivity contribution in [3.8, 4) is 40.1 Å². The van der Waals surface area contributed by atoms with Crippen LogP contribution in [0.1, 0.15) is 0 Å². The van der Waals surface area contributed by atoms with E-state index in [1.165, 1.54) is 25.3 Å². The van der Waals surface area contributed by atoms with Crippen molar-refractivity contribution in [1.82, 2.24) is 0 Å². The average molecular weight is 478 g/mol. The fraction of sp³-hybridized carbons (Fsp3) is 0.318. The smallest absolute Gasteiger partial charge is 0.239 e. The highest BCUT2D eigenvalue weighted by Crippen LogP contribution is 2.39. The number of rotatable bonds is 5. The van der Waals surface area contributed by atoms with Gasteiger partial charge in [0.15, 0.2) is 17.3 Å². The number of hydrogen-bond acceptors (Lipinski definition) is 12. The molecule has 1 saturated heterocycles. The van der Waals surface area contributed by atoms with Gasteiger partial charge in [-0.2, -0.15) is 0 Å². The molecule has 2 heterocycles. The van der Waals surface area contributed by atoms with Crippen molar-refractivity contribution in [3.63, 3.8) is 0 Å². The molecular weight excluding hydrogens is 456 g/mol. The van der Waals surface area contributed by atoms with E-state index in [0.29, 0.717) is 0 Å².